The van der Waals surface area contributed by atoms with E-state index < -0.39 is 0 Å². The number of halogens is 1. The molecule has 0 atom stereocenters. The van der Waals surface area contributed by atoms with E-state index in [1.54, 1.807) is 18.2 Å². The van der Waals surface area contributed by atoms with Gasteiger partial charge in [-0.3, -0.25) is 15.0 Å². The number of benzene rings is 3. The number of thiocarbonyl (C=S) groups is 1. The van der Waals surface area contributed by atoms with Crippen LogP contribution in [0.3, 0.4) is 0 Å². The highest BCUT2D eigenvalue weighted by Gasteiger charge is 2.19. The fraction of sp³-hybridized carbons (Fsp3) is 0.259. The summed E-state index contributed by atoms with van der Waals surface area (Å²) >= 11 is 11.7. The minimum atomic E-state index is -0.309. The molecule has 0 saturated carbocycles. The molecule has 2 N–H and O–H groups in total. The van der Waals surface area contributed by atoms with E-state index in [1.807, 2.05) is 30.3 Å². The number of carbonyl (C=O) groups is 1. The Hall–Kier alpha value is -3.33. The van der Waals surface area contributed by atoms with Crippen LogP contribution in [0.1, 0.15) is 15.9 Å². The van der Waals surface area contributed by atoms with E-state index >= 15 is 0 Å². The molecule has 3 aromatic rings. The lowest BCUT2D eigenvalue weighted by atomic mass is 10.2. The molecule has 9 heteroatoms. The molecule has 5 rings (SSSR count). The number of hydrogen-bond donors (Lipinski definition) is 2. The molecule has 186 valence electrons. The molecule has 1 fully saturated rings. The van der Waals surface area contributed by atoms with E-state index in [0.29, 0.717) is 30.3 Å². The summed E-state index contributed by atoms with van der Waals surface area (Å²) in [5.74, 6) is 0.893. The van der Waals surface area contributed by atoms with Crippen molar-refractivity contribution in [3.05, 3.63) is 82.9 Å². The van der Waals surface area contributed by atoms with Crippen molar-refractivity contribution in [2.75, 3.05) is 49.6 Å². The average Bonchev–Trinajstić information content (AvgIpc) is 2.90. The topological polar surface area (TPSA) is 66.1 Å². The number of carbonyl (C=O) groups excluding carboxylic acids is 1. The summed E-state index contributed by atoms with van der Waals surface area (Å²) in [4.78, 5) is 17.4. The number of rotatable bonds is 5. The van der Waals surface area contributed by atoms with Crippen molar-refractivity contribution in [3.63, 3.8) is 0 Å². The molecule has 0 aromatic heterocycles. The first-order chi connectivity index (χ1) is 17.5. The molecule has 3 aromatic carbocycles. The molecule has 1 amide bonds. The minimum absolute atomic E-state index is 0.232. The number of hydrogen-bond acceptors (Lipinski definition) is 6. The standard InChI is InChI=1S/C27H27ClN4O3S/c28-23-4-2-1-3-20(23)18-31-11-13-32(14-12-31)22-8-6-21(7-9-22)29-27(36)30-26(33)19-5-10-24-25(17-19)35-16-15-34-24/h1-10,17H,11-16,18H2,(H2,29,30,33,36). The average molecular weight is 523 g/mol. The van der Waals surface area contributed by atoms with E-state index in [-0.39, 0.29) is 11.0 Å². The first-order valence-electron chi connectivity index (χ1n) is 11.9. The number of anilines is 2. The Morgan fingerprint density at radius 1 is 0.917 bits per heavy atom. The first-order valence-corrected chi connectivity index (χ1v) is 12.7. The lowest BCUT2D eigenvalue weighted by Gasteiger charge is -2.36. The van der Waals surface area contributed by atoms with E-state index in [1.165, 1.54) is 5.56 Å². The Kier molecular flexibility index (Phi) is 7.55. The minimum Gasteiger partial charge on any atom is -0.486 e. The predicted molar refractivity (Wildman–Crippen MR) is 147 cm³/mol. The normalized spacial score (nSPS) is 15.3. The second-order valence-electron chi connectivity index (χ2n) is 8.67. The summed E-state index contributed by atoms with van der Waals surface area (Å²) in [5, 5.41) is 6.85. The summed E-state index contributed by atoms with van der Waals surface area (Å²) in [6, 6.07) is 21.2. The van der Waals surface area contributed by atoms with Crippen LogP contribution >= 0.6 is 23.8 Å². The van der Waals surface area contributed by atoms with Crippen molar-refractivity contribution < 1.29 is 14.3 Å². The highest BCUT2D eigenvalue weighted by molar-refractivity contribution is 7.80. The van der Waals surface area contributed by atoms with Gasteiger partial charge in [-0.05, 0) is 66.3 Å². The SMILES string of the molecule is O=C(NC(=S)Nc1ccc(N2CCN(Cc3ccccc3Cl)CC2)cc1)c1ccc2c(c1)OCCO2. The van der Waals surface area contributed by atoms with Gasteiger partial charge in [0.05, 0.1) is 0 Å². The highest BCUT2D eigenvalue weighted by atomic mass is 35.5. The quantitative estimate of drug-likeness (QED) is 0.476. The van der Waals surface area contributed by atoms with Gasteiger partial charge in [-0.15, -0.1) is 0 Å². The molecule has 7 nitrogen and oxygen atoms in total. The van der Waals surface area contributed by atoms with Crippen LogP contribution in [0.2, 0.25) is 5.02 Å². The second kappa shape index (κ2) is 11.2. The van der Waals surface area contributed by atoms with Gasteiger partial charge < -0.3 is 19.7 Å². The maximum atomic E-state index is 12.6. The second-order valence-corrected chi connectivity index (χ2v) is 9.48. The highest BCUT2D eigenvalue weighted by Crippen LogP contribution is 2.30. The molecule has 2 heterocycles. The van der Waals surface area contributed by atoms with Crippen LogP contribution < -0.4 is 25.0 Å². The zero-order valence-corrected chi connectivity index (χ0v) is 21.3. The third-order valence-corrected chi connectivity index (χ3v) is 6.82. The lowest BCUT2D eigenvalue weighted by molar-refractivity contribution is 0.0976. The number of piperazine rings is 1. The van der Waals surface area contributed by atoms with Gasteiger partial charge in [0.1, 0.15) is 13.2 Å². The fourth-order valence-corrected chi connectivity index (χ4v) is 4.72. The van der Waals surface area contributed by atoms with Gasteiger partial charge >= 0.3 is 0 Å². The fourth-order valence-electron chi connectivity index (χ4n) is 4.31. The predicted octanol–water partition coefficient (Wildman–Crippen LogP) is 4.56. The van der Waals surface area contributed by atoms with E-state index in [2.05, 4.69) is 38.6 Å². The van der Waals surface area contributed by atoms with Crippen molar-refractivity contribution in [2.24, 2.45) is 0 Å². The smallest absolute Gasteiger partial charge is 0.257 e. The van der Waals surface area contributed by atoms with Crippen LogP contribution in [0.5, 0.6) is 11.5 Å². The Labute approximate surface area is 220 Å². The van der Waals surface area contributed by atoms with Crippen LogP contribution in [0.4, 0.5) is 11.4 Å². The van der Waals surface area contributed by atoms with Crippen LogP contribution in [-0.2, 0) is 6.54 Å². The Bertz CT molecular complexity index is 1250. The zero-order valence-electron chi connectivity index (χ0n) is 19.7. The first kappa shape index (κ1) is 24.4. The molecule has 2 aliphatic rings. The third-order valence-electron chi connectivity index (χ3n) is 6.25. The van der Waals surface area contributed by atoms with Gasteiger partial charge in [-0.2, -0.15) is 0 Å². The summed E-state index contributed by atoms with van der Waals surface area (Å²) in [6.07, 6.45) is 0. The van der Waals surface area contributed by atoms with Crippen molar-refractivity contribution in [2.45, 2.75) is 6.54 Å². The van der Waals surface area contributed by atoms with Gasteiger partial charge in [-0.1, -0.05) is 29.8 Å². The number of ether oxygens (including phenoxy) is 2. The molecule has 1 saturated heterocycles. The molecular weight excluding hydrogens is 496 g/mol. The van der Waals surface area contributed by atoms with Crippen molar-refractivity contribution in [1.82, 2.24) is 10.2 Å². The van der Waals surface area contributed by atoms with Crippen LogP contribution in [0.25, 0.3) is 0 Å². The van der Waals surface area contributed by atoms with Crippen molar-refractivity contribution in [3.8, 4) is 11.5 Å². The molecule has 2 aliphatic heterocycles. The largest absolute Gasteiger partial charge is 0.486 e. The van der Waals surface area contributed by atoms with E-state index in [0.717, 1.165) is 49.1 Å². The molecule has 0 radical (unpaired) electrons. The third kappa shape index (κ3) is 5.90. The summed E-state index contributed by atoms with van der Waals surface area (Å²) in [6.45, 7) is 5.67. The zero-order chi connectivity index (χ0) is 24.9. The number of amides is 1. The van der Waals surface area contributed by atoms with Gasteiger partial charge in [0.25, 0.3) is 5.91 Å². The van der Waals surface area contributed by atoms with Crippen LogP contribution in [0, 0.1) is 0 Å². The summed E-state index contributed by atoms with van der Waals surface area (Å²) < 4.78 is 11.0. The number of nitrogens with one attached hydrogen (secondary N) is 2. The lowest BCUT2D eigenvalue weighted by Crippen LogP contribution is -2.46. The number of fused-ring (bicyclic) bond motifs is 1. The van der Waals surface area contributed by atoms with Crippen molar-refractivity contribution >= 4 is 46.2 Å². The Balaban J connectivity index is 1.11. The molecule has 0 aliphatic carbocycles. The van der Waals surface area contributed by atoms with Crippen LogP contribution in [-0.4, -0.2) is 55.3 Å². The maximum Gasteiger partial charge on any atom is 0.257 e. The summed E-state index contributed by atoms with van der Waals surface area (Å²) in [7, 11) is 0. The van der Waals surface area contributed by atoms with E-state index in [9.17, 15) is 4.79 Å². The molecule has 0 bridgehead atoms. The molecular formula is C27H27ClN4O3S. The summed E-state index contributed by atoms with van der Waals surface area (Å²) in [5.41, 5.74) is 3.58. The van der Waals surface area contributed by atoms with Gasteiger partial charge in [0.15, 0.2) is 16.6 Å². The maximum absolute atomic E-state index is 12.6. The molecule has 36 heavy (non-hydrogen) atoms. The van der Waals surface area contributed by atoms with Crippen molar-refractivity contribution in [1.29, 1.82) is 0 Å². The molecule has 0 spiro atoms. The monoisotopic (exact) mass is 522 g/mol. The van der Waals surface area contributed by atoms with Gasteiger partial charge in [-0.25, -0.2) is 0 Å². The Morgan fingerprint density at radius 2 is 1.64 bits per heavy atom. The Morgan fingerprint density at radius 3 is 2.39 bits per heavy atom. The van der Waals surface area contributed by atoms with E-state index in [4.69, 9.17) is 33.3 Å². The molecule has 0 unspecified atom stereocenters. The van der Waals surface area contributed by atoms with Gasteiger partial charge in [0.2, 0.25) is 0 Å². The number of nitrogens with zero attached hydrogens (tertiary/aromatic N) is 2. The van der Waals surface area contributed by atoms with Crippen LogP contribution in [0.15, 0.2) is 66.7 Å². The van der Waals surface area contributed by atoms with Gasteiger partial charge in [0, 0.05) is 54.7 Å².